The van der Waals surface area contributed by atoms with Gasteiger partial charge in [0.1, 0.15) is 30.0 Å². The van der Waals surface area contributed by atoms with Crippen molar-refractivity contribution in [3.63, 3.8) is 0 Å². The SMILES string of the molecule is CC(N)C(=O)NC(Cc1c[nH]c2ccccc12)C(=O)NC(C)C(=O)NN(Cc1ccc(O)cc1)C(P)=NCC(=O)NCC(N)=O. The molecule has 240 valence electrons. The average molecular weight is 640 g/mol. The van der Waals surface area contributed by atoms with Crippen molar-refractivity contribution in [3.05, 3.63) is 65.9 Å². The van der Waals surface area contributed by atoms with E-state index in [0.717, 1.165) is 16.5 Å². The molecule has 4 unspecified atom stereocenters. The molecule has 0 fully saturated rings. The van der Waals surface area contributed by atoms with Crippen LogP contribution in [0.25, 0.3) is 10.9 Å². The molecule has 1 heterocycles. The van der Waals surface area contributed by atoms with Crippen molar-refractivity contribution in [3.8, 4) is 5.75 Å². The minimum atomic E-state index is -1.07. The van der Waals surface area contributed by atoms with Crippen LogP contribution in [0.2, 0.25) is 0 Å². The Morgan fingerprint density at radius 3 is 2.36 bits per heavy atom. The van der Waals surface area contributed by atoms with Crippen LogP contribution in [0.3, 0.4) is 0 Å². The average Bonchev–Trinajstić information content (AvgIpc) is 3.41. The standard InChI is InChI=1S/C29H38N9O6P/c1-16(30)26(42)36-23(11-19-12-32-22-6-4-3-5-21(19)22)28(44)35-17(2)27(43)37-38(15-18-7-9-20(39)10-8-18)29(45)34-14-25(41)33-13-24(31)40/h3-10,12,16-17,23,32,39H,11,13-15,30,45H2,1-2H3,(H2,31,40)(H,33,41)(H,35,44)(H,36,42)(H,37,43). The number of rotatable bonds is 13. The summed E-state index contributed by atoms with van der Waals surface area (Å²) in [5, 5.41) is 19.5. The lowest BCUT2D eigenvalue weighted by atomic mass is 10.0. The smallest absolute Gasteiger partial charge is 0.260 e. The molecule has 4 atom stereocenters. The number of fused-ring (bicyclic) bond motifs is 1. The lowest BCUT2D eigenvalue weighted by molar-refractivity contribution is -0.133. The van der Waals surface area contributed by atoms with Gasteiger partial charge in [-0.15, -0.1) is 0 Å². The number of phenols is 1. The molecule has 16 heteroatoms. The van der Waals surface area contributed by atoms with Gasteiger partial charge in [0, 0.05) is 23.5 Å². The molecular formula is C29H38N9O6P. The van der Waals surface area contributed by atoms with Gasteiger partial charge in [-0.3, -0.25) is 39.4 Å². The normalized spacial score (nSPS) is 13.3. The number of aromatic nitrogens is 1. The minimum Gasteiger partial charge on any atom is -0.508 e. The number of aromatic hydroxyl groups is 1. The van der Waals surface area contributed by atoms with Gasteiger partial charge in [0.2, 0.25) is 23.6 Å². The molecule has 0 bridgehead atoms. The molecule has 1 aromatic heterocycles. The zero-order chi connectivity index (χ0) is 33.1. The summed E-state index contributed by atoms with van der Waals surface area (Å²) in [5.74, 6) is -2.99. The first kappa shape index (κ1) is 34.5. The van der Waals surface area contributed by atoms with Crippen molar-refractivity contribution in [2.45, 2.75) is 44.9 Å². The molecule has 10 N–H and O–H groups in total. The summed E-state index contributed by atoms with van der Waals surface area (Å²) in [4.78, 5) is 69.4. The Morgan fingerprint density at radius 2 is 1.69 bits per heavy atom. The number of hydrogen-bond donors (Lipinski definition) is 8. The Kier molecular flexibility index (Phi) is 12.4. The van der Waals surface area contributed by atoms with Crippen LogP contribution in [-0.4, -0.2) is 81.4 Å². The second-order valence-electron chi connectivity index (χ2n) is 10.3. The minimum absolute atomic E-state index is 0.0508. The summed E-state index contributed by atoms with van der Waals surface area (Å²) in [5.41, 5.74) is 15.9. The van der Waals surface area contributed by atoms with Crippen molar-refractivity contribution >= 4 is 55.3 Å². The van der Waals surface area contributed by atoms with Crippen molar-refractivity contribution in [1.82, 2.24) is 31.4 Å². The van der Waals surface area contributed by atoms with Gasteiger partial charge in [-0.25, -0.2) is 0 Å². The second kappa shape index (κ2) is 16.2. The molecule has 3 rings (SSSR count). The summed E-state index contributed by atoms with van der Waals surface area (Å²) in [6.07, 6.45) is 1.89. The van der Waals surface area contributed by atoms with Crippen molar-refractivity contribution in [2.24, 2.45) is 16.5 Å². The number of carbonyl (C=O) groups is 5. The van der Waals surface area contributed by atoms with Crippen LogP contribution in [0.1, 0.15) is 25.0 Å². The second-order valence-corrected chi connectivity index (χ2v) is 10.8. The van der Waals surface area contributed by atoms with E-state index in [0.29, 0.717) is 5.56 Å². The van der Waals surface area contributed by atoms with Gasteiger partial charge in [0.25, 0.3) is 5.91 Å². The van der Waals surface area contributed by atoms with Crippen molar-refractivity contribution in [2.75, 3.05) is 13.1 Å². The number of aliphatic imine (C=N–C) groups is 1. The van der Waals surface area contributed by atoms with E-state index < -0.39 is 47.7 Å². The summed E-state index contributed by atoms with van der Waals surface area (Å²) in [6.45, 7) is 2.33. The Labute approximate surface area is 261 Å². The third-order valence-corrected chi connectivity index (χ3v) is 7.03. The zero-order valence-corrected chi connectivity index (χ0v) is 26.0. The fourth-order valence-electron chi connectivity index (χ4n) is 4.08. The molecule has 2 aromatic carbocycles. The number of hydrazine groups is 1. The Hall–Kier alpha value is -5.01. The molecule has 0 radical (unpaired) electrons. The van der Waals surface area contributed by atoms with E-state index in [2.05, 4.69) is 40.6 Å². The summed E-state index contributed by atoms with van der Waals surface area (Å²) in [7, 11) is 2.32. The van der Waals surface area contributed by atoms with Crippen LogP contribution < -0.4 is 32.8 Å². The van der Waals surface area contributed by atoms with E-state index in [-0.39, 0.29) is 37.4 Å². The Balaban J connectivity index is 1.74. The third kappa shape index (κ3) is 10.6. The van der Waals surface area contributed by atoms with Gasteiger partial charge in [-0.05, 0) is 43.2 Å². The molecule has 0 aliphatic carbocycles. The van der Waals surface area contributed by atoms with Gasteiger partial charge in [-0.1, -0.05) is 39.6 Å². The van der Waals surface area contributed by atoms with Crippen LogP contribution in [0.5, 0.6) is 5.75 Å². The van der Waals surface area contributed by atoms with Gasteiger partial charge < -0.3 is 37.5 Å². The van der Waals surface area contributed by atoms with E-state index in [1.54, 1.807) is 18.3 Å². The lowest BCUT2D eigenvalue weighted by Gasteiger charge is -2.27. The molecule has 45 heavy (non-hydrogen) atoms. The first-order chi connectivity index (χ1) is 21.3. The number of carbonyl (C=O) groups excluding carboxylic acids is 5. The quantitative estimate of drug-likeness (QED) is 0.0505. The number of hydrogen-bond acceptors (Lipinski definition) is 8. The Bertz CT molecular complexity index is 1560. The van der Waals surface area contributed by atoms with Crippen LogP contribution >= 0.6 is 9.24 Å². The summed E-state index contributed by atoms with van der Waals surface area (Å²) in [6, 6.07) is 10.8. The number of benzene rings is 2. The number of nitrogens with zero attached hydrogens (tertiary/aromatic N) is 2. The highest BCUT2D eigenvalue weighted by Crippen LogP contribution is 2.19. The highest BCUT2D eigenvalue weighted by molar-refractivity contribution is 7.40. The number of H-pyrrole nitrogens is 1. The highest BCUT2D eigenvalue weighted by Gasteiger charge is 2.27. The number of nitrogens with two attached hydrogens (primary N) is 2. The van der Waals surface area contributed by atoms with Crippen molar-refractivity contribution < 1.29 is 29.1 Å². The number of amides is 5. The predicted octanol–water partition coefficient (Wildman–Crippen LogP) is -0.881. The van der Waals surface area contributed by atoms with E-state index >= 15 is 0 Å². The molecule has 3 aromatic rings. The van der Waals surface area contributed by atoms with Crippen molar-refractivity contribution in [1.29, 1.82) is 0 Å². The van der Waals surface area contributed by atoms with E-state index in [1.807, 2.05) is 24.3 Å². The monoisotopic (exact) mass is 639 g/mol. The third-order valence-electron chi connectivity index (χ3n) is 6.54. The maximum atomic E-state index is 13.4. The van der Waals surface area contributed by atoms with E-state index in [4.69, 9.17) is 11.5 Å². The fourth-order valence-corrected chi connectivity index (χ4v) is 4.33. The molecule has 0 spiro atoms. The van der Waals surface area contributed by atoms with Gasteiger partial charge in [0.05, 0.1) is 19.1 Å². The molecule has 0 aliphatic rings. The number of aromatic amines is 1. The summed E-state index contributed by atoms with van der Waals surface area (Å²) >= 11 is 0. The van der Waals surface area contributed by atoms with Gasteiger partial charge in [-0.2, -0.15) is 0 Å². The maximum Gasteiger partial charge on any atom is 0.260 e. The van der Waals surface area contributed by atoms with Gasteiger partial charge >= 0.3 is 0 Å². The molecule has 0 saturated heterocycles. The number of primary amides is 1. The van der Waals surface area contributed by atoms with Crippen LogP contribution in [-0.2, 0) is 36.9 Å². The van der Waals surface area contributed by atoms with E-state index in [1.165, 1.54) is 31.0 Å². The zero-order valence-electron chi connectivity index (χ0n) is 24.9. The number of phenolic OH excluding ortho intramolecular Hbond substituents is 1. The first-order valence-electron chi connectivity index (χ1n) is 14.0. The molecule has 0 aliphatic heterocycles. The number of para-hydroxylation sites is 1. The molecule has 5 amide bonds. The fraction of sp³-hybridized carbons (Fsp3) is 0.310. The van der Waals surface area contributed by atoms with Crippen LogP contribution in [0, 0.1) is 0 Å². The lowest BCUT2D eigenvalue weighted by Crippen LogP contribution is -2.57. The van der Waals surface area contributed by atoms with Gasteiger partial charge in [0.15, 0.2) is 0 Å². The number of amidine groups is 1. The summed E-state index contributed by atoms with van der Waals surface area (Å²) < 4.78 is 0. The number of nitrogens with one attached hydrogen (secondary N) is 5. The highest BCUT2D eigenvalue weighted by atomic mass is 31.0. The molecular weight excluding hydrogens is 601 g/mol. The maximum absolute atomic E-state index is 13.4. The first-order valence-corrected chi connectivity index (χ1v) is 14.5. The molecule has 0 saturated carbocycles. The van der Waals surface area contributed by atoms with Crippen LogP contribution in [0.4, 0.5) is 0 Å². The topological polar surface area (TPSA) is 237 Å². The van der Waals surface area contributed by atoms with E-state index in [9.17, 15) is 29.1 Å². The predicted molar refractivity (Wildman–Crippen MR) is 171 cm³/mol. The van der Waals surface area contributed by atoms with Crippen LogP contribution in [0.15, 0.2) is 59.7 Å². The molecule has 15 nitrogen and oxygen atoms in total. The largest absolute Gasteiger partial charge is 0.508 e. The Morgan fingerprint density at radius 1 is 1.00 bits per heavy atom.